The lowest BCUT2D eigenvalue weighted by molar-refractivity contribution is 0.0762. The Balaban J connectivity index is 1.49. The van der Waals surface area contributed by atoms with Gasteiger partial charge in [-0.25, -0.2) is 13.9 Å². The van der Waals surface area contributed by atoms with Gasteiger partial charge in [0.25, 0.3) is 5.91 Å². The van der Waals surface area contributed by atoms with Crippen LogP contribution >= 0.6 is 0 Å². The molecule has 0 atom stereocenters. The Bertz CT molecular complexity index is 1020. The molecule has 6 nitrogen and oxygen atoms in total. The fraction of sp³-hybridized carbons (Fsp3) is 0.381. The van der Waals surface area contributed by atoms with E-state index in [0.29, 0.717) is 43.0 Å². The summed E-state index contributed by atoms with van der Waals surface area (Å²) in [7, 11) is 0. The van der Waals surface area contributed by atoms with Gasteiger partial charge in [0.2, 0.25) is 0 Å². The molecule has 0 radical (unpaired) electrons. The summed E-state index contributed by atoms with van der Waals surface area (Å²) in [5.74, 6) is -0.219. The Morgan fingerprint density at radius 3 is 2.79 bits per heavy atom. The number of hydrogen-bond acceptors (Lipinski definition) is 4. The van der Waals surface area contributed by atoms with Gasteiger partial charge in [0.05, 0.1) is 6.20 Å². The maximum Gasteiger partial charge on any atom is 0.259 e. The van der Waals surface area contributed by atoms with Crippen molar-refractivity contribution in [1.82, 2.24) is 24.4 Å². The highest BCUT2D eigenvalue weighted by Gasteiger charge is 2.24. The zero-order chi connectivity index (χ0) is 19.7. The second-order valence-electron chi connectivity index (χ2n) is 7.35. The third kappa shape index (κ3) is 3.62. The summed E-state index contributed by atoms with van der Waals surface area (Å²) in [6.45, 7) is 7.26. The Kier molecular flexibility index (Phi) is 5.09. The number of aromatic nitrogens is 3. The first-order valence-corrected chi connectivity index (χ1v) is 9.60. The molecule has 3 heterocycles. The number of amides is 1. The van der Waals surface area contributed by atoms with Crippen LogP contribution in [0.5, 0.6) is 0 Å². The predicted molar refractivity (Wildman–Crippen MR) is 105 cm³/mol. The standard InChI is InChI=1S/C21H24FN5O/c1-15-12-16(2)27-20(24-15)18(13-23-27)21(28)26-9-5-8-25(10-11-26)14-17-6-3-4-7-19(17)22/h3-4,6-7,12-13H,5,8-11,14H2,1-2H3. The van der Waals surface area contributed by atoms with Gasteiger partial charge in [-0.05, 0) is 32.4 Å². The van der Waals surface area contributed by atoms with E-state index in [9.17, 15) is 9.18 Å². The fourth-order valence-corrected chi connectivity index (χ4v) is 3.79. The van der Waals surface area contributed by atoms with E-state index in [0.717, 1.165) is 24.4 Å². The summed E-state index contributed by atoms with van der Waals surface area (Å²) in [5, 5.41) is 4.33. The van der Waals surface area contributed by atoms with Gasteiger partial charge in [0, 0.05) is 49.7 Å². The quantitative estimate of drug-likeness (QED) is 0.700. The average molecular weight is 381 g/mol. The van der Waals surface area contributed by atoms with Crippen molar-refractivity contribution < 1.29 is 9.18 Å². The van der Waals surface area contributed by atoms with Crippen molar-refractivity contribution in [3.63, 3.8) is 0 Å². The molecule has 0 bridgehead atoms. The van der Waals surface area contributed by atoms with Crippen molar-refractivity contribution in [3.8, 4) is 0 Å². The number of benzene rings is 1. The molecule has 1 aliphatic heterocycles. The van der Waals surface area contributed by atoms with Crippen molar-refractivity contribution in [2.45, 2.75) is 26.8 Å². The van der Waals surface area contributed by atoms with E-state index < -0.39 is 0 Å². The highest BCUT2D eigenvalue weighted by Crippen LogP contribution is 2.17. The van der Waals surface area contributed by atoms with Crippen molar-refractivity contribution in [3.05, 3.63) is 64.9 Å². The predicted octanol–water partition coefficient (Wildman–Crippen LogP) is 2.83. The van der Waals surface area contributed by atoms with Gasteiger partial charge in [0.1, 0.15) is 11.4 Å². The molecule has 0 N–H and O–H groups in total. The number of halogens is 1. The number of fused-ring (bicyclic) bond motifs is 1. The molecule has 1 saturated heterocycles. The first-order chi connectivity index (χ1) is 13.5. The van der Waals surface area contributed by atoms with Gasteiger partial charge in [-0.1, -0.05) is 18.2 Å². The molecule has 0 saturated carbocycles. The number of hydrogen-bond donors (Lipinski definition) is 0. The number of nitrogens with zero attached hydrogens (tertiary/aromatic N) is 5. The number of carbonyl (C=O) groups excluding carboxylic acids is 1. The summed E-state index contributed by atoms with van der Waals surface area (Å²) in [6.07, 6.45) is 2.46. The second kappa shape index (κ2) is 7.67. The molecule has 1 aromatic carbocycles. The Hall–Kier alpha value is -2.80. The van der Waals surface area contributed by atoms with Crippen LogP contribution in [-0.4, -0.2) is 56.5 Å². The smallest absolute Gasteiger partial charge is 0.259 e. The third-order valence-corrected chi connectivity index (χ3v) is 5.24. The van der Waals surface area contributed by atoms with E-state index in [1.54, 1.807) is 16.8 Å². The molecule has 7 heteroatoms. The SMILES string of the molecule is Cc1cc(C)n2ncc(C(=O)N3CCCN(Cc4ccccc4F)CC3)c2n1. The summed E-state index contributed by atoms with van der Waals surface area (Å²) in [5.41, 5.74) is 3.66. The normalized spacial score (nSPS) is 15.8. The Labute approximate surface area is 163 Å². The van der Waals surface area contributed by atoms with E-state index in [1.807, 2.05) is 36.9 Å². The number of rotatable bonds is 3. The third-order valence-electron chi connectivity index (χ3n) is 5.24. The molecule has 0 unspecified atom stereocenters. The lowest BCUT2D eigenvalue weighted by atomic mass is 10.2. The molecular formula is C21H24FN5O. The molecule has 1 amide bonds. The van der Waals surface area contributed by atoms with Crippen LogP contribution in [0.15, 0.2) is 36.5 Å². The molecular weight excluding hydrogens is 357 g/mol. The van der Waals surface area contributed by atoms with Crippen LogP contribution in [0.4, 0.5) is 4.39 Å². The minimum Gasteiger partial charge on any atom is -0.337 e. The maximum absolute atomic E-state index is 13.9. The topological polar surface area (TPSA) is 53.7 Å². The van der Waals surface area contributed by atoms with Crippen LogP contribution in [0, 0.1) is 19.7 Å². The van der Waals surface area contributed by atoms with Gasteiger partial charge in [0.15, 0.2) is 5.65 Å². The maximum atomic E-state index is 13.9. The molecule has 3 aromatic rings. The van der Waals surface area contributed by atoms with Crippen molar-refractivity contribution in [2.75, 3.05) is 26.2 Å². The minimum absolute atomic E-state index is 0.0414. The lowest BCUT2D eigenvalue weighted by Crippen LogP contribution is -2.35. The number of carbonyl (C=O) groups is 1. The molecule has 0 spiro atoms. The Morgan fingerprint density at radius 1 is 1.14 bits per heavy atom. The zero-order valence-electron chi connectivity index (χ0n) is 16.2. The molecule has 1 aliphatic rings. The first-order valence-electron chi connectivity index (χ1n) is 9.60. The Morgan fingerprint density at radius 2 is 1.96 bits per heavy atom. The molecule has 146 valence electrons. The van der Waals surface area contributed by atoms with E-state index in [4.69, 9.17) is 0 Å². The van der Waals surface area contributed by atoms with Crippen LogP contribution in [0.25, 0.3) is 5.65 Å². The number of aryl methyl sites for hydroxylation is 2. The highest BCUT2D eigenvalue weighted by molar-refractivity contribution is 5.99. The summed E-state index contributed by atoms with van der Waals surface area (Å²) >= 11 is 0. The van der Waals surface area contributed by atoms with Crippen molar-refractivity contribution in [2.24, 2.45) is 0 Å². The van der Waals surface area contributed by atoms with Crippen LogP contribution in [0.3, 0.4) is 0 Å². The average Bonchev–Trinajstić information content (AvgIpc) is 2.95. The molecule has 4 rings (SSSR count). The molecule has 0 aliphatic carbocycles. The molecule has 1 fully saturated rings. The van der Waals surface area contributed by atoms with Crippen LogP contribution < -0.4 is 0 Å². The van der Waals surface area contributed by atoms with Crippen LogP contribution in [0.2, 0.25) is 0 Å². The van der Waals surface area contributed by atoms with Gasteiger partial charge in [-0.15, -0.1) is 0 Å². The lowest BCUT2D eigenvalue weighted by Gasteiger charge is -2.22. The van der Waals surface area contributed by atoms with Gasteiger partial charge < -0.3 is 4.90 Å². The molecule has 28 heavy (non-hydrogen) atoms. The zero-order valence-corrected chi connectivity index (χ0v) is 16.2. The van der Waals surface area contributed by atoms with E-state index in [2.05, 4.69) is 15.0 Å². The van der Waals surface area contributed by atoms with Crippen LogP contribution in [0.1, 0.15) is 33.7 Å². The van der Waals surface area contributed by atoms with Crippen LogP contribution in [-0.2, 0) is 6.54 Å². The minimum atomic E-state index is -0.178. The van der Waals surface area contributed by atoms with E-state index in [-0.39, 0.29) is 11.7 Å². The van der Waals surface area contributed by atoms with Gasteiger partial charge >= 0.3 is 0 Å². The first kappa shape index (κ1) is 18.6. The summed E-state index contributed by atoms with van der Waals surface area (Å²) in [6, 6.07) is 8.81. The second-order valence-corrected chi connectivity index (χ2v) is 7.35. The summed E-state index contributed by atoms with van der Waals surface area (Å²) in [4.78, 5) is 21.7. The monoisotopic (exact) mass is 381 g/mol. The van der Waals surface area contributed by atoms with Gasteiger partial charge in [-0.3, -0.25) is 9.69 Å². The molecule has 2 aromatic heterocycles. The van der Waals surface area contributed by atoms with E-state index >= 15 is 0 Å². The van der Waals surface area contributed by atoms with Gasteiger partial charge in [-0.2, -0.15) is 5.10 Å². The largest absolute Gasteiger partial charge is 0.337 e. The van der Waals surface area contributed by atoms with E-state index in [1.165, 1.54) is 6.07 Å². The fourth-order valence-electron chi connectivity index (χ4n) is 3.79. The van der Waals surface area contributed by atoms with Crippen molar-refractivity contribution in [1.29, 1.82) is 0 Å². The van der Waals surface area contributed by atoms with Crippen molar-refractivity contribution >= 4 is 11.6 Å². The summed E-state index contributed by atoms with van der Waals surface area (Å²) < 4.78 is 15.7. The highest BCUT2D eigenvalue weighted by atomic mass is 19.1.